The van der Waals surface area contributed by atoms with Crippen molar-refractivity contribution in [2.24, 2.45) is 0 Å². The number of halogens is 3. The first-order chi connectivity index (χ1) is 8.37. The number of rotatable bonds is 5. The molecule has 1 aliphatic carbocycles. The molecule has 1 aromatic rings. The van der Waals surface area contributed by atoms with Crippen LogP contribution in [0.25, 0.3) is 0 Å². The number of aryl methyl sites for hydroxylation is 1. The van der Waals surface area contributed by atoms with Crippen LogP contribution in [0.4, 0.5) is 13.2 Å². The van der Waals surface area contributed by atoms with Crippen LogP contribution in [0.5, 0.6) is 0 Å². The lowest BCUT2D eigenvalue weighted by molar-refractivity contribution is -0.150. The monoisotopic (exact) mass is 281 g/mol. The first kappa shape index (κ1) is 13.7. The smallest absolute Gasteiger partial charge is 0.391 e. The van der Waals surface area contributed by atoms with E-state index in [9.17, 15) is 18.3 Å². The van der Waals surface area contributed by atoms with Gasteiger partial charge < -0.3 is 9.67 Å². The molecule has 2 rings (SSSR count). The number of alkyl halides is 3. The van der Waals surface area contributed by atoms with Crippen molar-refractivity contribution in [3.63, 3.8) is 0 Å². The van der Waals surface area contributed by atoms with Crippen LogP contribution < -0.4 is 0 Å². The summed E-state index contributed by atoms with van der Waals surface area (Å²) in [4.78, 5) is 0. The lowest BCUT2D eigenvalue weighted by Crippen LogP contribution is -2.21. The minimum Gasteiger partial charge on any atom is -0.392 e. The quantitative estimate of drug-likeness (QED) is 0.842. The zero-order valence-electron chi connectivity index (χ0n) is 9.81. The van der Waals surface area contributed by atoms with E-state index in [0.29, 0.717) is 11.2 Å². The summed E-state index contributed by atoms with van der Waals surface area (Å²) in [6, 6.07) is 0.377. The molecule has 0 spiro atoms. The standard InChI is InChI=1S/C10H14F3N3OS/c1-6-14-15-9(16(6)7-2-3-7)18-5-8(17)4-10(11,12)13/h7-8,17H,2-5H2,1H3. The van der Waals surface area contributed by atoms with Gasteiger partial charge >= 0.3 is 6.18 Å². The van der Waals surface area contributed by atoms with Gasteiger partial charge in [-0.15, -0.1) is 10.2 Å². The summed E-state index contributed by atoms with van der Waals surface area (Å²) < 4.78 is 38.1. The van der Waals surface area contributed by atoms with Crippen molar-refractivity contribution >= 4 is 11.8 Å². The van der Waals surface area contributed by atoms with Crippen molar-refractivity contribution in [1.29, 1.82) is 0 Å². The van der Waals surface area contributed by atoms with E-state index in [2.05, 4.69) is 10.2 Å². The minimum absolute atomic E-state index is 0.0234. The predicted octanol–water partition coefficient (Wildman–Crippen LogP) is 2.33. The highest BCUT2D eigenvalue weighted by atomic mass is 32.2. The maximum Gasteiger partial charge on any atom is 0.391 e. The number of aliphatic hydroxyl groups is 1. The number of hydrogen-bond acceptors (Lipinski definition) is 4. The Morgan fingerprint density at radius 2 is 2.11 bits per heavy atom. The predicted molar refractivity (Wildman–Crippen MR) is 60.4 cm³/mol. The largest absolute Gasteiger partial charge is 0.392 e. The molecule has 0 radical (unpaired) electrons. The van der Waals surface area contributed by atoms with Crippen LogP contribution in [-0.4, -0.2) is 37.9 Å². The van der Waals surface area contributed by atoms with Crippen LogP contribution in [0.15, 0.2) is 5.16 Å². The Morgan fingerprint density at radius 1 is 1.44 bits per heavy atom. The number of nitrogens with zero attached hydrogens (tertiary/aromatic N) is 3. The van der Waals surface area contributed by atoms with Crippen molar-refractivity contribution in [3.8, 4) is 0 Å². The van der Waals surface area contributed by atoms with Crippen molar-refractivity contribution in [1.82, 2.24) is 14.8 Å². The van der Waals surface area contributed by atoms with Gasteiger partial charge in [-0.1, -0.05) is 11.8 Å². The fourth-order valence-electron chi connectivity index (χ4n) is 1.70. The van der Waals surface area contributed by atoms with Gasteiger partial charge in [-0.05, 0) is 19.8 Å². The summed E-state index contributed by atoms with van der Waals surface area (Å²) >= 11 is 1.12. The Hall–Kier alpha value is -0.760. The fourth-order valence-corrected chi connectivity index (χ4v) is 2.68. The highest BCUT2D eigenvalue weighted by Crippen LogP contribution is 2.38. The molecule has 1 aliphatic rings. The molecule has 1 N–H and O–H groups in total. The third-order valence-corrected chi connectivity index (χ3v) is 3.71. The van der Waals surface area contributed by atoms with Gasteiger partial charge in [0.15, 0.2) is 5.16 Å². The van der Waals surface area contributed by atoms with Crippen LogP contribution in [0.3, 0.4) is 0 Å². The van der Waals surface area contributed by atoms with E-state index in [0.717, 1.165) is 30.4 Å². The Morgan fingerprint density at radius 3 is 2.67 bits per heavy atom. The molecule has 0 bridgehead atoms. The molecule has 1 aromatic heterocycles. The fraction of sp³-hybridized carbons (Fsp3) is 0.800. The van der Waals surface area contributed by atoms with E-state index < -0.39 is 18.7 Å². The normalized spacial score (nSPS) is 18.1. The number of thioether (sulfide) groups is 1. The highest BCUT2D eigenvalue weighted by Gasteiger charge is 2.32. The molecule has 4 nitrogen and oxygen atoms in total. The minimum atomic E-state index is -4.33. The summed E-state index contributed by atoms with van der Waals surface area (Å²) in [5.41, 5.74) is 0. The molecular formula is C10H14F3N3OS. The summed E-state index contributed by atoms with van der Waals surface area (Å²) in [5.74, 6) is 0.745. The summed E-state index contributed by atoms with van der Waals surface area (Å²) in [6.45, 7) is 1.82. The molecule has 0 aliphatic heterocycles. The van der Waals surface area contributed by atoms with E-state index in [1.54, 1.807) is 0 Å². The van der Waals surface area contributed by atoms with Gasteiger partial charge in [-0.2, -0.15) is 13.2 Å². The molecule has 1 atom stereocenters. The second-order valence-corrected chi connectivity index (χ2v) is 5.40. The number of hydrogen-bond donors (Lipinski definition) is 1. The van der Waals surface area contributed by atoms with Gasteiger partial charge in [0.1, 0.15) is 5.82 Å². The molecule has 18 heavy (non-hydrogen) atoms. The van der Waals surface area contributed by atoms with E-state index in [4.69, 9.17) is 0 Å². The Kier molecular flexibility index (Phi) is 3.86. The van der Waals surface area contributed by atoms with Gasteiger partial charge in [-0.3, -0.25) is 0 Å². The molecule has 1 heterocycles. The SMILES string of the molecule is Cc1nnc(SCC(O)CC(F)(F)F)n1C1CC1. The van der Waals surface area contributed by atoms with E-state index in [1.165, 1.54) is 0 Å². The van der Waals surface area contributed by atoms with Gasteiger partial charge in [0.25, 0.3) is 0 Å². The highest BCUT2D eigenvalue weighted by molar-refractivity contribution is 7.99. The molecule has 0 saturated heterocycles. The van der Waals surface area contributed by atoms with Crippen LogP contribution in [0, 0.1) is 6.92 Å². The van der Waals surface area contributed by atoms with Crippen LogP contribution >= 0.6 is 11.8 Å². The van der Waals surface area contributed by atoms with Gasteiger partial charge in [0.05, 0.1) is 12.5 Å². The zero-order valence-corrected chi connectivity index (χ0v) is 10.6. The molecule has 0 aromatic carbocycles. The van der Waals surface area contributed by atoms with Gasteiger partial charge in [-0.25, -0.2) is 0 Å². The number of aromatic nitrogens is 3. The second-order valence-electron chi connectivity index (χ2n) is 4.42. The maximum atomic E-state index is 12.1. The van der Waals surface area contributed by atoms with Gasteiger partial charge in [0.2, 0.25) is 0 Å². The Labute approximate surface area is 107 Å². The van der Waals surface area contributed by atoms with E-state index in [1.807, 2.05) is 11.5 Å². The van der Waals surface area contributed by atoms with Crippen LogP contribution in [0.1, 0.15) is 31.1 Å². The van der Waals surface area contributed by atoms with E-state index >= 15 is 0 Å². The molecule has 0 amide bonds. The molecule has 102 valence electrons. The molecule has 8 heteroatoms. The summed E-state index contributed by atoms with van der Waals surface area (Å²) in [6.07, 6.45) is -4.81. The molecule has 1 fully saturated rings. The first-order valence-electron chi connectivity index (χ1n) is 5.66. The summed E-state index contributed by atoms with van der Waals surface area (Å²) in [7, 11) is 0. The third kappa shape index (κ3) is 3.61. The topological polar surface area (TPSA) is 50.9 Å². The average Bonchev–Trinajstić information content (AvgIpc) is 2.98. The molecule has 1 saturated carbocycles. The molecular weight excluding hydrogens is 267 g/mol. The second kappa shape index (κ2) is 5.08. The lowest BCUT2D eigenvalue weighted by Gasteiger charge is -2.12. The first-order valence-corrected chi connectivity index (χ1v) is 6.64. The Bertz CT molecular complexity index is 417. The molecule has 1 unspecified atom stereocenters. The lowest BCUT2D eigenvalue weighted by atomic mass is 10.3. The van der Waals surface area contributed by atoms with Gasteiger partial charge in [0, 0.05) is 11.8 Å². The van der Waals surface area contributed by atoms with Crippen molar-refractivity contribution < 1.29 is 18.3 Å². The number of aliphatic hydroxyl groups excluding tert-OH is 1. The maximum absolute atomic E-state index is 12.1. The van der Waals surface area contributed by atoms with Crippen LogP contribution in [-0.2, 0) is 0 Å². The van der Waals surface area contributed by atoms with Crippen molar-refractivity contribution in [3.05, 3.63) is 5.82 Å². The van der Waals surface area contributed by atoms with Crippen molar-refractivity contribution in [2.75, 3.05) is 5.75 Å². The summed E-state index contributed by atoms with van der Waals surface area (Å²) in [5, 5.41) is 17.7. The van der Waals surface area contributed by atoms with E-state index in [-0.39, 0.29) is 5.75 Å². The average molecular weight is 281 g/mol. The third-order valence-electron chi connectivity index (χ3n) is 2.62. The Balaban J connectivity index is 1.90. The van der Waals surface area contributed by atoms with Crippen LogP contribution in [0.2, 0.25) is 0 Å². The van der Waals surface area contributed by atoms with Crippen molar-refractivity contribution in [2.45, 2.75) is 49.7 Å². The zero-order chi connectivity index (χ0) is 13.3.